The molecule has 0 radical (unpaired) electrons. The minimum absolute atomic E-state index is 0.00770. The van der Waals surface area contributed by atoms with Crippen molar-refractivity contribution in [2.75, 3.05) is 11.1 Å². The summed E-state index contributed by atoms with van der Waals surface area (Å²) in [6.45, 7) is 2.03. The Balaban J connectivity index is 1.53. The molecule has 4 aromatic rings. The lowest BCUT2D eigenvalue weighted by Crippen LogP contribution is -2.15. The number of nitrogens with one attached hydrogen (secondary N) is 1. The number of anilines is 1. The lowest BCUT2D eigenvalue weighted by Gasteiger charge is -2.10. The van der Waals surface area contributed by atoms with E-state index >= 15 is 0 Å². The molecule has 0 saturated heterocycles. The Morgan fingerprint density at radius 1 is 1.03 bits per heavy atom. The van der Waals surface area contributed by atoms with Gasteiger partial charge >= 0.3 is 0 Å². The third-order valence-corrected chi connectivity index (χ3v) is 6.49. The number of sulfonamides is 1. The Morgan fingerprint density at radius 3 is 2.39 bits per heavy atom. The zero-order chi connectivity index (χ0) is 22.0. The molecule has 158 valence electrons. The number of carbonyl (C=O) groups is 1. The van der Waals surface area contributed by atoms with Crippen molar-refractivity contribution in [3.8, 4) is 5.69 Å². The lowest BCUT2D eigenvalue weighted by molar-refractivity contribution is -0.113. The Morgan fingerprint density at radius 2 is 1.71 bits per heavy atom. The van der Waals surface area contributed by atoms with Crippen LogP contribution in [0.3, 0.4) is 0 Å². The van der Waals surface area contributed by atoms with Crippen LogP contribution in [0.15, 0.2) is 82.8 Å². The Kier molecular flexibility index (Phi) is 5.81. The van der Waals surface area contributed by atoms with Gasteiger partial charge in [0.1, 0.15) is 0 Å². The highest BCUT2D eigenvalue weighted by Crippen LogP contribution is 2.28. The minimum Gasteiger partial charge on any atom is -0.325 e. The molecule has 31 heavy (non-hydrogen) atoms. The van der Waals surface area contributed by atoms with Crippen molar-refractivity contribution in [2.45, 2.75) is 17.0 Å². The van der Waals surface area contributed by atoms with E-state index in [0.29, 0.717) is 10.8 Å². The van der Waals surface area contributed by atoms with Gasteiger partial charge in [0.25, 0.3) is 0 Å². The van der Waals surface area contributed by atoms with E-state index in [4.69, 9.17) is 10.1 Å². The SMILES string of the molecule is Cc1ccc(-n2c(SCC(=O)Nc3ccc(S(N)(=O)=O)cc3)nc3ccccc32)cc1. The first-order valence-corrected chi connectivity index (χ1v) is 11.9. The zero-order valence-corrected chi connectivity index (χ0v) is 18.3. The van der Waals surface area contributed by atoms with E-state index in [-0.39, 0.29) is 16.6 Å². The van der Waals surface area contributed by atoms with Crippen molar-refractivity contribution in [3.63, 3.8) is 0 Å². The predicted octanol–water partition coefficient (Wildman–Crippen LogP) is 3.71. The first-order valence-electron chi connectivity index (χ1n) is 9.41. The van der Waals surface area contributed by atoms with Crippen LogP contribution in [0.4, 0.5) is 5.69 Å². The monoisotopic (exact) mass is 452 g/mol. The number of imidazole rings is 1. The molecule has 3 aromatic carbocycles. The standard InChI is InChI=1S/C22H20N4O3S2/c1-15-6-10-17(11-7-15)26-20-5-3-2-4-19(20)25-22(26)30-14-21(27)24-16-8-12-18(13-9-16)31(23,28)29/h2-13H,14H2,1H3,(H,24,27)(H2,23,28,29). The number of amides is 1. The molecule has 0 bridgehead atoms. The number of hydrogen-bond acceptors (Lipinski definition) is 5. The summed E-state index contributed by atoms with van der Waals surface area (Å²) < 4.78 is 24.7. The van der Waals surface area contributed by atoms with E-state index in [0.717, 1.165) is 22.3 Å². The van der Waals surface area contributed by atoms with Crippen molar-refractivity contribution in [1.29, 1.82) is 0 Å². The number of rotatable bonds is 6. The summed E-state index contributed by atoms with van der Waals surface area (Å²) in [6.07, 6.45) is 0. The van der Waals surface area contributed by atoms with Crippen LogP contribution in [0.2, 0.25) is 0 Å². The molecule has 0 aliphatic carbocycles. The lowest BCUT2D eigenvalue weighted by atomic mass is 10.2. The second-order valence-corrected chi connectivity index (χ2v) is 9.46. The highest BCUT2D eigenvalue weighted by Gasteiger charge is 2.15. The maximum atomic E-state index is 12.5. The van der Waals surface area contributed by atoms with Crippen LogP contribution in [-0.2, 0) is 14.8 Å². The van der Waals surface area contributed by atoms with E-state index < -0.39 is 10.0 Å². The van der Waals surface area contributed by atoms with Crippen molar-refractivity contribution >= 4 is 44.4 Å². The molecular weight excluding hydrogens is 432 g/mol. The summed E-state index contributed by atoms with van der Waals surface area (Å²) in [7, 11) is -3.77. The molecule has 0 aliphatic rings. The van der Waals surface area contributed by atoms with Gasteiger partial charge in [-0.3, -0.25) is 9.36 Å². The molecule has 0 aliphatic heterocycles. The molecule has 0 spiro atoms. The van der Waals surface area contributed by atoms with Gasteiger partial charge in [-0.25, -0.2) is 18.5 Å². The van der Waals surface area contributed by atoms with Gasteiger partial charge in [0.05, 0.1) is 21.7 Å². The molecule has 1 aromatic heterocycles. The van der Waals surface area contributed by atoms with Crippen LogP contribution >= 0.6 is 11.8 Å². The summed E-state index contributed by atoms with van der Waals surface area (Å²) in [5.41, 5.74) is 4.44. The number of aryl methyl sites for hydroxylation is 1. The van der Waals surface area contributed by atoms with E-state index in [2.05, 4.69) is 5.32 Å². The van der Waals surface area contributed by atoms with E-state index in [9.17, 15) is 13.2 Å². The summed E-state index contributed by atoms with van der Waals surface area (Å²) in [6, 6.07) is 21.7. The van der Waals surface area contributed by atoms with Crippen LogP contribution < -0.4 is 10.5 Å². The first-order chi connectivity index (χ1) is 14.8. The average Bonchev–Trinajstić information content (AvgIpc) is 3.11. The number of benzene rings is 3. The molecule has 0 atom stereocenters. The Bertz CT molecular complexity index is 1350. The molecular formula is C22H20N4O3S2. The largest absolute Gasteiger partial charge is 0.325 e. The van der Waals surface area contributed by atoms with Crippen molar-refractivity contribution in [1.82, 2.24) is 9.55 Å². The van der Waals surface area contributed by atoms with Crippen molar-refractivity contribution < 1.29 is 13.2 Å². The van der Waals surface area contributed by atoms with Crippen LogP contribution in [0, 0.1) is 6.92 Å². The zero-order valence-electron chi connectivity index (χ0n) is 16.6. The second kappa shape index (κ2) is 8.54. The van der Waals surface area contributed by atoms with E-state index in [1.54, 1.807) is 0 Å². The molecule has 1 amide bonds. The average molecular weight is 453 g/mol. The van der Waals surface area contributed by atoms with E-state index in [1.807, 2.05) is 60.0 Å². The molecule has 0 saturated carbocycles. The summed E-state index contributed by atoms with van der Waals surface area (Å²) in [5, 5.41) is 8.57. The fourth-order valence-electron chi connectivity index (χ4n) is 3.10. The first kappa shape index (κ1) is 21.1. The van der Waals surface area contributed by atoms with Crippen LogP contribution in [-0.4, -0.2) is 29.6 Å². The molecule has 3 N–H and O–H groups in total. The quantitative estimate of drug-likeness (QED) is 0.434. The predicted molar refractivity (Wildman–Crippen MR) is 123 cm³/mol. The smallest absolute Gasteiger partial charge is 0.238 e. The maximum Gasteiger partial charge on any atom is 0.238 e. The number of para-hydroxylation sites is 2. The van der Waals surface area contributed by atoms with Crippen molar-refractivity contribution in [3.05, 3.63) is 78.4 Å². The number of nitrogens with two attached hydrogens (primary N) is 1. The number of primary sulfonamides is 1. The Labute approximate surface area is 184 Å². The van der Waals surface area contributed by atoms with Gasteiger partial charge in [0.15, 0.2) is 5.16 Å². The number of thioether (sulfide) groups is 1. The highest BCUT2D eigenvalue weighted by molar-refractivity contribution is 7.99. The van der Waals surface area contributed by atoms with Gasteiger partial charge in [-0.2, -0.15) is 0 Å². The third-order valence-electron chi connectivity index (χ3n) is 4.62. The minimum atomic E-state index is -3.77. The normalized spacial score (nSPS) is 11.5. The summed E-state index contributed by atoms with van der Waals surface area (Å²) in [4.78, 5) is 17.2. The number of fused-ring (bicyclic) bond motifs is 1. The third kappa shape index (κ3) is 4.79. The van der Waals surface area contributed by atoms with Crippen LogP contribution in [0.5, 0.6) is 0 Å². The summed E-state index contributed by atoms with van der Waals surface area (Å²) in [5.74, 6) is -0.0811. The van der Waals surface area contributed by atoms with Crippen LogP contribution in [0.1, 0.15) is 5.56 Å². The van der Waals surface area contributed by atoms with Gasteiger partial charge in [-0.1, -0.05) is 41.6 Å². The van der Waals surface area contributed by atoms with Gasteiger partial charge in [-0.05, 0) is 55.5 Å². The maximum absolute atomic E-state index is 12.5. The van der Waals surface area contributed by atoms with Gasteiger partial charge < -0.3 is 5.32 Å². The Hall–Kier alpha value is -3.14. The number of nitrogens with zero attached hydrogens (tertiary/aromatic N) is 2. The second-order valence-electron chi connectivity index (χ2n) is 6.96. The van der Waals surface area contributed by atoms with Gasteiger partial charge in [-0.15, -0.1) is 0 Å². The van der Waals surface area contributed by atoms with Gasteiger partial charge in [0.2, 0.25) is 15.9 Å². The number of carbonyl (C=O) groups excluding carboxylic acids is 1. The molecule has 1 heterocycles. The fourth-order valence-corrected chi connectivity index (χ4v) is 4.44. The molecule has 7 nitrogen and oxygen atoms in total. The van der Waals surface area contributed by atoms with Crippen molar-refractivity contribution in [2.24, 2.45) is 5.14 Å². The van der Waals surface area contributed by atoms with Crippen LogP contribution in [0.25, 0.3) is 16.7 Å². The topological polar surface area (TPSA) is 107 Å². The molecule has 9 heteroatoms. The molecule has 4 rings (SSSR count). The van der Waals surface area contributed by atoms with Gasteiger partial charge in [0, 0.05) is 11.4 Å². The fraction of sp³-hybridized carbons (Fsp3) is 0.0909. The number of aromatic nitrogens is 2. The summed E-state index contributed by atoms with van der Waals surface area (Å²) >= 11 is 1.33. The van der Waals surface area contributed by atoms with E-state index in [1.165, 1.54) is 36.0 Å². The number of hydrogen-bond donors (Lipinski definition) is 2. The molecule has 0 unspecified atom stereocenters. The highest BCUT2D eigenvalue weighted by atomic mass is 32.2. The molecule has 0 fully saturated rings.